The van der Waals surface area contributed by atoms with Gasteiger partial charge in [0.25, 0.3) is 0 Å². The first-order valence-electron chi connectivity index (χ1n) is 8.24. The number of rotatable bonds is 3. The average molecular weight is 342 g/mol. The molecular formula is C19H26N4O2. The molecule has 0 aliphatic carbocycles. The van der Waals surface area contributed by atoms with Crippen LogP contribution in [0.3, 0.4) is 0 Å². The van der Waals surface area contributed by atoms with Gasteiger partial charge in [0.15, 0.2) is 11.6 Å². The fraction of sp³-hybridized carbons (Fsp3) is 0.421. The molecule has 0 saturated heterocycles. The summed E-state index contributed by atoms with van der Waals surface area (Å²) < 4.78 is 5.17. The first-order valence-corrected chi connectivity index (χ1v) is 8.24. The van der Waals surface area contributed by atoms with Crippen molar-refractivity contribution in [3.63, 3.8) is 0 Å². The van der Waals surface area contributed by atoms with Crippen LogP contribution in [0.2, 0.25) is 0 Å². The molecule has 1 aromatic carbocycles. The third kappa shape index (κ3) is 6.06. The molecule has 1 heterocycles. The van der Waals surface area contributed by atoms with Crippen LogP contribution in [0.1, 0.15) is 47.1 Å². The molecular weight excluding hydrogens is 316 g/mol. The summed E-state index contributed by atoms with van der Waals surface area (Å²) in [5.41, 5.74) is 1.75. The molecule has 0 radical (unpaired) electrons. The molecule has 0 fully saturated rings. The van der Waals surface area contributed by atoms with Gasteiger partial charge < -0.3 is 10.1 Å². The van der Waals surface area contributed by atoms with Gasteiger partial charge in [-0.2, -0.15) is 0 Å². The van der Waals surface area contributed by atoms with E-state index in [4.69, 9.17) is 4.74 Å². The molecule has 134 valence electrons. The number of ether oxygens (including phenoxy) is 1. The molecule has 25 heavy (non-hydrogen) atoms. The lowest BCUT2D eigenvalue weighted by molar-refractivity contribution is 0.0635. The quantitative estimate of drug-likeness (QED) is 0.832. The van der Waals surface area contributed by atoms with Crippen molar-refractivity contribution in [2.45, 2.75) is 52.6 Å². The average Bonchev–Trinajstić information content (AvgIpc) is 2.47. The highest BCUT2D eigenvalue weighted by molar-refractivity contribution is 5.83. The maximum atomic E-state index is 11.7. The highest BCUT2D eigenvalue weighted by atomic mass is 16.6. The topological polar surface area (TPSA) is 76.1 Å². The number of hydrogen-bond acceptors (Lipinski definition) is 5. The molecule has 0 saturated carbocycles. The van der Waals surface area contributed by atoms with E-state index in [2.05, 4.69) is 53.7 Å². The summed E-state index contributed by atoms with van der Waals surface area (Å²) in [4.78, 5) is 11.7. The lowest BCUT2D eigenvalue weighted by Gasteiger charge is -2.19. The van der Waals surface area contributed by atoms with Crippen molar-refractivity contribution < 1.29 is 9.53 Å². The Morgan fingerprint density at radius 3 is 1.92 bits per heavy atom. The van der Waals surface area contributed by atoms with E-state index in [0.717, 1.165) is 5.69 Å². The predicted octanol–water partition coefficient (Wildman–Crippen LogP) is 4.86. The van der Waals surface area contributed by atoms with Crippen LogP contribution in [0.15, 0.2) is 36.4 Å². The third-order valence-corrected chi connectivity index (χ3v) is 3.32. The van der Waals surface area contributed by atoms with Gasteiger partial charge in [-0.1, -0.05) is 32.9 Å². The van der Waals surface area contributed by atoms with Crippen LogP contribution in [0.5, 0.6) is 0 Å². The van der Waals surface area contributed by atoms with E-state index in [-0.39, 0.29) is 5.41 Å². The molecule has 2 N–H and O–H groups in total. The highest BCUT2D eigenvalue weighted by Gasteiger charge is 2.16. The van der Waals surface area contributed by atoms with E-state index in [1.165, 1.54) is 5.56 Å². The second-order valence-corrected chi connectivity index (χ2v) is 7.88. The van der Waals surface area contributed by atoms with Crippen LogP contribution in [-0.2, 0) is 10.2 Å². The fourth-order valence-corrected chi connectivity index (χ4v) is 2.08. The van der Waals surface area contributed by atoms with Crippen molar-refractivity contribution in [1.82, 2.24) is 10.2 Å². The predicted molar refractivity (Wildman–Crippen MR) is 100 cm³/mol. The zero-order valence-electron chi connectivity index (χ0n) is 15.7. The number of hydrogen-bond donors (Lipinski definition) is 2. The Kier molecular flexibility index (Phi) is 5.30. The molecule has 6 heteroatoms. The number of nitrogens with zero attached hydrogens (tertiary/aromatic N) is 2. The number of carbonyl (C=O) groups is 1. The van der Waals surface area contributed by atoms with Gasteiger partial charge in [-0.15, -0.1) is 10.2 Å². The standard InChI is InChI=1S/C19H26N4O2/c1-18(2,3)13-7-9-14(10-8-13)20-15-11-12-16(23-22-15)21-17(24)25-19(4,5)6/h7-12H,1-6H3,(H,20,22)(H,21,23,24). The Bertz CT molecular complexity index is 711. The van der Waals surface area contributed by atoms with Gasteiger partial charge in [0.05, 0.1) is 0 Å². The third-order valence-electron chi connectivity index (χ3n) is 3.32. The number of benzene rings is 1. The minimum atomic E-state index is -0.557. The smallest absolute Gasteiger partial charge is 0.413 e. The number of nitrogens with one attached hydrogen (secondary N) is 2. The van der Waals surface area contributed by atoms with Crippen molar-refractivity contribution in [3.8, 4) is 0 Å². The Hall–Kier alpha value is -2.63. The van der Waals surface area contributed by atoms with Crippen molar-refractivity contribution >= 4 is 23.4 Å². The first-order chi connectivity index (χ1) is 11.5. The zero-order valence-corrected chi connectivity index (χ0v) is 15.7. The van der Waals surface area contributed by atoms with Crippen LogP contribution in [-0.4, -0.2) is 21.9 Å². The molecule has 0 unspecified atom stereocenters. The largest absolute Gasteiger partial charge is 0.444 e. The van der Waals surface area contributed by atoms with E-state index in [0.29, 0.717) is 11.6 Å². The first kappa shape index (κ1) is 18.7. The summed E-state index contributed by atoms with van der Waals surface area (Å²) in [6.07, 6.45) is -0.555. The number of amides is 1. The Balaban J connectivity index is 1.97. The van der Waals surface area contributed by atoms with Gasteiger partial charge in [0.1, 0.15) is 5.60 Å². The van der Waals surface area contributed by atoms with Gasteiger partial charge in [0.2, 0.25) is 0 Å². The fourth-order valence-electron chi connectivity index (χ4n) is 2.08. The van der Waals surface area contributed by atoms with Gasteiger partial charge in [-0.25, -0.2) is 4.79 Å². The summed E-state index contributed by atoms with van der Waals surface area (Å²) in [5, 5.41) is 13.8. The van der Waals surface area contributed by atoms with E-state index in [1.807, 2.05) is 12.1 Å². The van der Waals surface area contributed by atoms with Crippen molar-refractivity contribution in [2.24, 2.45) is 0 Å². The molecule has 0 bridgehead atoms. The number of anilines is 3. The Morgan fingerprint density at radius 2 is 1.44 bits per heavy atom. The Morgan fingerprint density at radius 1 is 0.880 bits per heavy atom. The molecule has 0 spiro atoms. The van der Waals surface area contributed by atoms with Crippen LogP contribution < -0.4 is 10.6 Å². The lowest BCUT2D eigenvalue weighted by atomic mass is 9.87. The minimum absolute atomic E-state index is 0.118. The molecule has 0 atom stereocenters. The SMILES string of the molecule is CC(C)(C)OC(=O)Nc1ccc(Nc2ccc(C(C)(C)C)cc2)nn1. The van der Waals surface area contributed by atoms with Crippen LogP contribution in [0, 0.1) is 0 Å². The molecule has 2 aromatic rings. The molecule has 1 aromatic heterocycles. The summed E-state index contributed by atoms with van der Waals surface area (Å²) in [5.74, 6) is 0.932. The monoisotopic (exact) mass is 342 g/mol. The summed E-state index contributed by atoms with van der Waals surface area (Å²) >= 11 is 0. The van der Waals surface area contributed by atoms with Crippen LogP contribution in [0.4, 0.5) is 22.1 Å². The second kappa shape index (κ2) is 7.09. The summed E-state index contributed by atoms with van der Waals surface area (Å²) in [6.45, 7) is 11.9. The van der Waals surface area contributed by atoms with Crippen molar-refractivity contribution in [3.05, 3.63) is 42.0 Å². The summed E-state index contributed by atoms with van der Waals surface area (Å²) in [6, 6.07) is 11.6. The molecule has 6 nitrogen and oxygen atoms in total. The van der Waals surface area contributed by atoms with Crippen LogP contribution in [0.25, 0.3) is 0 Å². The van der Waals surface area contributed by atoms with Crippen molar-refractivity contribution in [1.29, 1.82) is 0 Å². The van der Waals surface area contributed by atoms with Gasteiger partial charge in [-0.05, 0) is 56.0 Å². The van der Waals surface area contributed by atoms with Gasteiger partial charge in [-0.3, -0.25) is 5.32 Å². The van der Waals surface area contributed by atoms with Gasteiger partial charge in [0, 0.05) is 5.69 Å². The maximum Gasteiger partial charge on any atom is 0.413 e. The van der Waals surface area contributed by atoms with E-state index >= 15 is 0 Å². The van der Waals surface area contributed by atoms with E-state index < -0.39 is 11.7 Å². The number of carbonyl (C=O) groups excluding carboxylic acids is 1. The normalized spacial score (nSPS) is 11.8. The van der Waals surface area contributed by atoms with E-state index in [9.17, 15) is 4.79 Å². The minimum Gasteiger partial charge on any atom is -0.444 e. The summed E-state index contributed by atoms with van der Waals surface area (Å²) in [7, 11) is 0. The molecule has 0 aliphatic heterocycles. The van der Waals surface area contributed by atoms with Crippen LogP contribution >= 0.6 is 0 Å². The Labute approximate surface area is 149 Å². The van der Waals surface area contributed by atoms with Crippen molar-refractivity contribution in [2.75, 3.05) is 10.6 Å². The molecule has 0 aliphatic rings. The zero-order chi connectivity index (χ0) is 18.7. The second-order valence-electron chi connectivity index (χ2n) is 7.88. The highest BCUT2D eigenvalue weighted by Crippen LogP contribution is 2.24. The number of aromatic nitrogens is 2. The lowest BCUT2D eigenvalue weighted by Crippen LogP contribution is -2.27. The van der Waals surface area contributed by atoms with E-state index in [1.54, 1.807) is 32.9 Å². The molecule has 2 rings (SSSR count). The van der Waals surface area contributed by atoms with Gasteiger partial charge >= 0.3 is 6.09 Å². The maximum absolute atomic E-state index is 11.7. The molecule has 1 amide bonds.